The van der Waals surface area contributed by atoms with Crippen molar-refractivity contribution < 1.29 is 23.2 Å². The molecule has 1 amide bonds. The Kier molecular flexibility index (Phi) is 4.76. The van der Waals surface area contributed by atoms with Crippen LogP contribution in [0, 0.1) is 0 Å². The first-order chi connectivity index (χ1) is 11.7. The molecule has 0 fully saturated rings. The number of carbonyl (C=O) groups is 2. The van der Waals surface area contributed by atoms with Gasteiger partial charge in [-0.15, -0.1) is 0 Å². The lowest BCUT2D eigenvalue weighted by molar-refractivity contribution is 0.0701. The largest absolute Gasteiger partial charge is 0.459 e. The van der Waals surface area contributed by atoms with Gasteiger partial charge in [-0.25, -0.2) is 4.79 Å². The monoisotopic (exact) mass is 325 g/mol. The number of amides is 1. The van der Waals surface area contributed by atoms with E-state index >= 15 is 0 Å². The number of rotatable bonds is 6. The second-order valence-electron chi connectivity index (χ2n) is 4.99. The molecule has 6 heteroatoms. The SMILES string of the molecule is O=C(NCCc1ccc(OC(=O)c2ccco2)cc1)c1ccco1. The molecule has 0 unspecified atom stereocenters. The topological polar surface area (TPSA) is 81.7 Å². The fourth-order valence-corrected chi connectivity index (χ4v) is 2.09. The molecule has 1 N–H and O–H groups in total. The molecule has 1 aromatic carbocycles. The Morgan fingerprint density at radius 2 is 1.58 bits per heavy atom. The van der Waals surface area contributed by atoms with E-state index in [1.54, 1.807) is 36.4 Å². The fourth-order valence-electron chi connectivity index (χ4n) is 2.09. The van der Waals surface area contributed by atoms with E-state index in [1.807, 2.05) is 12.1 Å². The van der Waals surface area contributed by atoms with E-state index in [-0.39, 0.29) is 17.4 Å². The zero-order valence-corrected chi connectivity index (χ0v) is 12.7. The molecule has 0 aliphatic carbocycles. The van der Waals surface area contributed by atoms with Crippen molar-refractivity contribution in [3.63, 3.8) is 0 Å². The molecule has 2 aromatic heterocycles. The minimum absolute atomic E-state index is 0.153. The van der Waals surface area contributed by atoms with Crippen LogP contribution in [0.25, 0.3) is 0 Å². The lowest BCUT2D eigenvalue weighted by atomic mass is 10.1. The van der Waals surface area contributed by atoms with E-state index in [4.69, 9.17) is 13.6 Å². The first-order valence-electron chi connectivity index (χ1n) is 7.39. The second kappa shape index (κ2) is 7.32. The highest BCUT2D eigenvalue weighted by molar-refractivity contribution is 5.91. The zero-order chi connectivity index (χ0) is 16.8. The minimum atomic E-state index is -0.543. The molecule has 0 bridgehead atoms. The summed E-state index contributed by atoms with van der Waals surface area (Å²) in [5.74, 6) is 0.0807. The number of furan rings is 2. The van der Waals surface area contributed by atoms with Gasteiger partial charge in [-0.2, -0.15) is 0 Å². The second-order valence-corrected chi connectivity index (χ2v) is 4.99. The van der Waals surface area contributed by atoms with E-state index in [0.717, 1.165) is 5.56 Å². The maximum atomic E-state index is 11.7. The predicted molar refractivity (Wildman–Crippen MR) is 84.9 cm³/mol. The summed E-state index contributed by atoms with van der Waals surface area (Å²) in [6.07, 6.45) is 3.52. The van der Waals surface area contributed by atoms with Crippen molar-refractivity contribution in [1.82, 2.24) is 5.32 Å². The molecule has 2 heterocycles. The molecule has 0 aliphatic heterocycles. The van der Waals surface area contributed by atoms with Crippen molar-refractivity contribution in [2.75, 3.05) is 6.54 Å². The predicted octanol–water partition coefficient (Wildman–Crippen LogP) is 3.06. The highest BCUT2D eigenvalue weighted by atomic mass is 16.5. The Hall–Kier alpha value is -3.28. The summed E-state index contributed by atoms with van der Waals surface area (Å²) < 4.78 is 15.2. The van der Waals surface area contributed by atoms with Gasteiger partial charge in [-0.1, -0.05) is 12.1 Å². The smallest absolute Gasteiger partial charge is 0.379 e. The number of nitrogens with one attached hydrogen (secondary N) is 1. The maximum absolute atomic E-state index is 11.7. The van der Waals surface area contributed by atoms with E-state index in [2.05, 4.69) is 5.32 Å². The molecule has 0 aliphatic rings. The lowest BCUT2D eigenvalue weighted by Crippen LogP contribution is -2.25. The standard InChI is InChI=1S/C18H15NO5/c20-17(15-3-1-11-22-15)19-10-9-13-5-7-14(8-6-13)24-18(21)16-4-2-12-23-16/h1-8,11-12H,9-10H2,(H,19,20). The molecule has 6 nitrogen and oxygen atoms in total. The van der Waals surface area contributed by atoms with Gasteiger partial charge in [0, 0.05) is 6.54 Å². The van der Waals surface area contributed by atoms with Crippen molar-refractivity contribution in [3.8, 4) is 5.75 Å². The maximum Gasteiger partial charge on any atom is 0.379 e. The van der Waals surface area contributed by atoms with Crippen LogP contribution in [0.4, 0.5) is 0 Å². The van der Waals surface area contributed by atoms with Gasteiger partial charge in [0.15, 0.2) is 5.76 Å². The van der Waals surface area contributed by atoms with E-state index < -0.39 is 5.97 Å². The van der Waals surface area contributed by atoms with Crippen LogP contribution in [0.15, 0.2) is 69.9 Å². The molecule has 0 saturated heterocycles. The van der Waals surface area contributed by atoms with Crippen molar-refractivity contribution in [2.45, 2.75) is 6.42 Å². The van der Waals surface area contributed by atoms with E-state index in [0.29, 0.717) is 18.7 Å². The highest BCUT2D eigenvalue weighted by Gasteiger charge is 2.11. The normalized spacial score (nSPS) is 10.3. The summed E-state index contributed by atoms with van der Waals surface area (Å²) in [7, 11) is 0. The van der Waals surface area contributed by atoms with Crippen LogP contribution >= 0.6 is 0 Å². The summed E-state index contributed by atoms with van der Waals surface area (Å²) in [5.41, 5.74) is 1.01. The molecule has 3 rings (SSSR count). The quantitative estimate of drug-likeness (QED) is 0.556. The Morgan fingerprint density at radius 3 is 2.21 bits per heavy atom. The third-order valence-corrected chi connectivity index (χ3v) is 3.30. The van der Waals surface area contributed by atoms with Gasteiger partial charge in [0.1, 0.15) is 5.75 Å². The summed E-state index contributed by atoms with van der Waals surface area (Å²) in [4.78, 5) is 23.5. The Morgan fingerprint density at radius 1 is 0.917 bits per heavy atom. The first-order valence-corrected chi connectivity index (χ1v) is 7.39. The van der Waals surface area contributed by atoms with Crippen molar-refractivity contribution >= 4 is 11.9 Å². The van der Waals surface area contributed by atoms with Gasteiger partial charge < -0.3 is 18.9 Å². The summed E-state index contributed by atoms with van der Waals surface area (Å²) >= 11 is 0. The van der Waals surface area contributed by atoms with Crippen molar-refractivity contribution in [2.24, 2.45) is 0 Å². The van der Waals surface area contributed by atoms with Crippen molar-refractivity contribution in [3.05, 3.63) is 78.1 Å². The number of hydrogen-bond acceptors (Lipinski definition) is 5. The molecule has 0 spiro atoms. The van der Waals surface area contributed by atoms with Gasteiger partial charge in [0.2, 0.25) is 5.76 Å². The molecule has 24 heavy (non-hydrogen) atoms. The summed E-state index contributed by atoms with van der Waals surface area (Å²) in [5, 5.41) is 2.77. The van der Waals surface area contributed by atoms with E-state index in [9.17, 15) is 9.59 Å². The average Bonchev–Trinajstić information content (AvgIpc) is 3.30. The van der Waals surface area contributed by atoms with Gasteiger partial charge >= 0.3 is 5.97 Å². The van der Waals surface area contributed by atoms with Crippen LogP contribution in [0.3, 0.4) is 0 Å². The molecule has 0 radical (unpaired) electrons. The molecule has 122 valence electrons. The highest BCUT2D eigenvalue weighted by Crippen LogP contribution is 2.15. The van der Waals surface area contributed by atoms with Crippen LogP contribution in [0.2, 0.25) is 0 Å². The number of hydrogen-bond donors (Lipinski definition) is 1. The molecule has 0 atom stereocenters. The molecular weight excluding hydrogens is 310 g/mol. The lowest BCUT2D eigenvalue weighted by Gasteiger charge is -2.06. The van der Waals surface area contributed by atoms with Crippen LogP contribution < -0.4 is 10.1 Å². The van der Waals surface area contributed by atoms with Gasteiger partial charge in [0.25, 0.3) is 5.91 Å². The Labute approximate surface area is 138 Å². The molecular formula is C18H15NO5. The third-order valence-electron chi connectivity index (χ3n) is 3.30. The number of benzene rings is 1. The molecule has 3 aromatic rings. The number of ether oxygens (including phenoxy) is 1. The fraction of sp³-hybridized carbons (Fsp3) is 0.111. The van der Waals surface area contributed by atoms with Crippen molar-refractivity contribution in [1.29, 1.82) is 0 Å². The Bertz CT molecular complexity index is 789. The molecule has 0 saturated carbocycles. The first kappa shape index (κ1) is 15.6. The Balaban J connectivity index is 1.48. The zero-order valence-electron chi connectivity index (χ0n) is 12.7. The van der Waals surface area contributed by atoms with Gasteiger partial charge in [-0.3, -0.25) is 4.79 Å². The third kappa shape index (κ3) is 3.92. The van der Waals surface area contributed by atoms with Gasteiger partial charge in [0.05, 0.1) is 12.5 Å². The average molecular weight is 325 g/mol. The number of carbonyl (C=O) groups excluding carboxylic acids is 2. The van der Waals surface area contributed by atoms with Crippen LogP contribution in [0.5, 0.6) is 5.75 Å². The minimum Gasteiger partial charge on any atom is -0.459 e. The van der Waals surface area contributed by atoms with Gasteiger partial charge in [-0.05, 0) is 48.4 Å². The van der Waals surface area contributed by atoms with E-state index in [1.165, 1.54) is 12.5 Å². The summed E-state index contributed by atoms with van der Waals surface area (Å²) in [6.45, 7) is 0.477. The van der Waals surface area contributed by atoms with Crippen LogP contribution in [-0.2, 0) is 6.42 Å². The van der Waals surface area contributed by atoms with Crippen LogP contribution in [0.1, 0.15) is 26.7 Å². The van der Waals surface area contributed by atoms with Crippen LogP contribution in [-0.4, -0.2) is 18.4 Å². The summed E-state index contributed by atoms with van der Waals surface area (Å²) in [6, 6.07) is 13.5. The number of esters is 1.